The van der Waals surface area contributed by atoms with Crippen LogP contribution in [0.25, 0.3) is 0 Å². The van der Waals surface area contributed by atoms with Crippen molar-refractivity contribution in [3.05, 3.63) is 12.4 Å². The predicted molar refractivity (Wildman–Crippen MR) is 72.0 cm³/mol. The van der Waals surface area contributed by atoms with Gasteiger partial charge in [0.2, 0.25) is 0 Å². The van der Waals surface area contributed by atoms with Crippen molar-refractivity contribution < 1.29 is 13.2 Å². The van der Waals surface area contributed by atoms with Crippen LogP contribution < -0.4 is 10.2 Å². The molecule has 1 aromatic heterocycles. The minimum absolute atomic E-state index is 0.247. The van der Waals surface area contributed by atoms with Crippen molar-refractivity contribution in [3.8, 4) is 0 Å². The number of halogens is 3. The second kappa shape index (κ2) is 4.48. The van der Waals surface area contributed by atoms with Crippen molar-refractivity contribution in [2.24, 2.45) is 23.7 Å². The highest BCUT2D eigenvalue weighted by Crippen LogP contribution is 2.59. The van der Waals surface area contributed by atoms with E-state index in [0.29, 0.717) is 13.1 Å². The maximum absolute atomic E-state index is 12.7. The molecule has 7 heteroatoms. The topological polar surface area (TPSA) is 41.0 Å². The lowest BCUT2D eigenvalue weighted by molar-refractivity contribution is -0.154. The standard InChI is InChI=1S/C14H17F3N4/c15-14(16,17)13-9-5-21(6-10(9)13)12-3-11(19-7-20-12)18-4-8-1-2-8/h3,7-10,13H,1-2,4-6H2,(H,18,19,20)/t9-,10+,13?. The Labute approximate surface area is 120 Å². The normalized spacial score (nSPS) is 31.2. The number of anilines is 2. The molecule has 1 aromatic rings. The monoisotopic (exact) mass is 298 g/mol. The highest BCUT2D eigenvalue weighted by Gasteiger charge is 2.67. The molecule has 2 aliphatic carbocycles. The molecule has 0 bridgehead atoms. The zero-order valence-electron chi connectivity index (χ0n) is 11.5. The highest BCUT2D eigenvalue weighted by atomic mass is 19.4. The first-order valence-electron chi connectivity index (χ1n) is 7.40. The van der Waals surface area contributed by atoms with Crippen LogP contribution in [0.2, 0.25) is 0 Å². The maximum Gasteiger partial charge on any atom is 0.392 e. The van der Waals surface area contributed by atoms with Crippen LogP contribution in [-0.2, 0) is 0 Å². The largest absolute Gasteiger partial charge is 0.392 e. The van der Waals surface area contributed by atoms with Gasteiger partial charge in [-0.2, -0.15) is 13.2 Å². The summed E-state index contributed by atoms with van der Waals surface area (Å²) in [6.45, 7) is 1.82. The molecule has 4 nitrogen and oxygen atoms in total. The fraction of sp³-hybridized carbons (Fsp3) is 0.714. The molecule has 2 heterocycles. The van der Waals surface area contributed by atoms with Crippen LogP contribution in [0.1, 0.15) is 12.8 Å². The van der Waals surface area contributed by atoms with Crippen LogP contribution in [0.4, 0.5) is 24.8 Å². The van der Waals surface area contributed by atoms with Crippen molar-refractivity contribution in [2.75, 3.05) is 29.9 Å². The summed E-state index contributed by atoms with van der Waals surface area (Å²) in [5, 5.41) is 3.27. The van der Waals surface area contributed by atoms with Gasteiger partial charge in [-0.3, -0.25) is 0 Å². The Morgan fingerprint density at radius 1 is 1.19 bits per heavy atom. The van der Waals surface area contributed by atoms with E-state index >= 15 is 0 Å². The van der Waals surface area contributed by atoms with Gasteiger partial charge in [0.05, 0.1) is 5.92 Å². The van der Waals surface area contributed by atoms with E-state index in [1.807, 2.05) is 11.0 Å². The van der Waals surface area contributed by atoms with E-state index in [2.05, 4.69) is 15.3 Å². The summed E-state index contributed by atoms with van der Waals surface area (Å²) in [5.41, 5.74) is 0. The Balaban J connectivity index is 1.38. The van der Waals surface area contributed by atoms with E-state index < -0.39 is 12.1 Å². The lowest BCUT2D eigenvalue weighted by Crippen LogP contribution is -2.29. The number of rotatable bonds is 4. The van der Waals surface area contributed by atoms with Gasteiger partial charge in [0, 0.05) is 25.7 Å². The van der Waals surface area contributed by atoms with E-state index in [9.17, 15) is 13.2 Å². The molecule has 2 saturated carbocycles. The summed E-state index contributed by atoms with van der Waals surface area (Å²) in [6.07, 6.45) is -0.0294. The Bertz CT molecular complexity index is 531. The Morgan fingerprint density at radius 2 is 1.90 bits per heavy atom. The van der Waals surface area contributed by atoms with Crippen LogP contribution in [0.3, 0.4) is 0 Å². The van der Waals surface area contributed by atoms with Gasteiger partial charge in [-0.25, -0.2) is 9.97 Å². The number of hydrogen-bond acceptors (Lipinski definition) is 4. The van der Waals surface area contributed by atoms with Crippen molar-refractivity contribution in [3.63, 3.8) is 0 Å². The van der Waals surface area contributed by atoms with E-state index in [1.54, 1.807) is 0 Å². The second-order valence-corrected chi connectivity index (χ2v) is 6.39. The first kappa shape index (κ1) is 13.2. The molecule has 0 radical (unpaired) electrons. The quantitative estimate of drug-likeness (QED) is 0.927. The Hall–Kier alpha value is -1.53. The third kappa shape index (κ3) is 2.53. The molecular weight excluding hydrogens is 281 g/mol. The SMILES string of the molecule is FC(F)(F)C1[C@H]2CN(c3cc(NCC4CC4)ncn3)C[C@@H]12. The Kier molecular flexibility index (Phi) is 2.81. The third-order valence-electron chi connectivity index (χ3n) is 4.82. The summed E-state index contributed by atoms with van der Waals surface area (Å²) in [6, 6.07) is 1.84. The first-order valence-corrected chi connectivity index (χ1v) is 7.40. The van der Waals surface area contributed by atoms with Crippen molar-refractivity contribution >= 4 is 11.6 Å². The van der Waals surface area contributed by atoms with Crippen LogP contribution >= 0.6 is 0 Å². The van der Waals surface area contributed by atoms with Gasteiger partial charge < -0.3 is 10.2 Å². The molecule has 0 spiro atoms. The number of nitrogens with zero attached hydrogens (tertiary/aromatic N) is 3. The molecule has 3 fully saturated rings. The minimum Gasteiger partial charge on any atom is -0.370 e. The summed E-state index contributed by atoms with van der Waals surface area (Å²) in [5.74, 6) is 0.653. The van der Waals surface area contributed by atoms with Gasteiger partial charge in [-0.15, -0.1) is 0 Å². The van der Waals surface area contributed by atoms with E-state index in [4.69, 9.17) is 0 Å². The molecule has 4 rings (SSSR count). The molecule has 1 saturated heterocycles. The summed E-state index contributed by atoms with van der Waals surface area (Å²) in [4.78, 5) is 10.3. The molecule has 1 N–H and O–H groups in total. The van der Waals surface area contributed by atoms with Crippen LogP contribution in [-0.4, -0.2) is 35.8 Å². The average molecular weight is 298 g/mol. The van der Waals surface area contributed by atoms with Crippen molar-refractivity contribution in [2.45, 2.75) is 19.0 Å². The molecule has 1 aliphatic heterocycles. The summed E-state index contributed by atoms with van der Waals surface area (Å²) in [7, 11) is 0. The van der Waals surface area contributed by atoms with Crippen LogP contribution in [0.15, 0.2) is 12.4 Å². The van der Waals surface area contributed by atoms with Gasteiger partial charge >= 0.3 is 6.18 Å². The molecule has 1 unspecified atom stereocenters. The van der Waals surface area contributed by atoms with Crippen LogP contribution in [0.5, 0.6) is 0 Å². The van der Waals surface area contributed by atoms with Gasteiger partial charge in [-0.05, 0) is 30.6 Å². The van der Waals surface area contributed by atoms with Gasteiger partial charge in [-0.1, -0.05) is 0 Å². The minimum atomic E-state index is -4.04. The van der Waals surface area contributed by atoms with E-state index in [1.165, 1.54) is 19.2 Å². The lowest BCUT2D eigenvalue weighted by atomic mass is 10.2. The molecule has 3 atom stereocenters. The molecule has 3 aliphatic rings. The molecule has 21 heavy (non-hydrogen) atoms. The smallest absolute Gasteiger partial charge is 0.370 e. The lowest BCUT2D eigenvalue weighted by Gasteiger charge is -2.22. The van der Waals surface area contributed by atoms with Crippen LogP contribution in [0, 0.1) is 23.7 Å². The fourth-order valence-corrected chi connectivity index (χ4v) is 3.39. The number of nitrogens with one attached hydrogen (secondary N) is 1. The Morgan fingerprint density at radius 3 is 2.52 bits per heavy atom. The zero-order chi connectivity index (χ0) is 14.6. The number of hydrogen-bond donors (Lipinski definition) is 1. The van der Waals surface area contributed by atoms with Gasteiger partial charge in [0.25, 0.3) is 0 Å². The number of alkyl halides is 3. The second-order valence-electron chi connectivity index (χ2n) is 6.39. The zero-order valence-corrected chi connectivity index (χ0v) is 11.5. The fourth-order valence-electron chi connectivity index (χ4n) is 3.39. The predicted octanol–water partition coefficient (Wildman–Crippen LogP) is 2.54. The third-order valence-corrected chi connectivity index (χ3v) is 4.82. The van der Waals surface area contributed by atoms with Crippen molar-refractivity contribution in [1.82, 2.24) is 9.97 Å². The number of piperidine rings is 1. The molecule has 114 valence electrons. The summed E-state index contributed by atoms with van der Waals surface area (Å²) < 4.78 is 38.1. The molecular formula is C14H17F3N4. The number of fused-ring (bicyclic) bond motifs is 1. The van der Waals surface area contributed by atoms with E-state index in [0.717, 1.165) is 24.1 Å². The number of aromatic nitrogens is 2. The molecule has 0 amide bonds. The average Bonchev–Trinajstić information content (AvgIpc) is 3.34. The molecule has 0 aromatic carbocycles. The van der Waals surface area contributed by atoms with E-state index in [-0.39, 0.29) is 11.8 Å². The maximum atomic E-state index is 12.7. The van der Waals surface area contributed by atoms with Gasteiger partial charge in [0.15, 0.2) is 0 Å². The summed E-state index contributed by atoms with van der Waals surface area (Å²) >= 11 is 0. The first-order chi connectivity index (χ1) is 10.0. The van der Waals surface area contributed by atoms with Gasteiger partial charge in [0.1, 0.15) is 18.0 Å². The van der Waals surface area contributed by atoms with Crippen molar-refractivity contribution in [1.29, 1.82) is 0 Å². The highest BCUT2D eigenvalue weighted by molar-refractivity contribution is 5.50.